The van der Waals surface area contributed by atoms with E-state index in [0.717, 1.165) is 12.8 Å². The highest BCUT2D eigenvalue weighted by atomic mass is 32.2. The lowest BCUT2D eigenvalue weighted by Gasteiger charge is -2.24. The van der Waals surface area contributed by atoms with E-state index >= 15 is 0 Å². The topological polar surface area (TPSA) is 60.9 Å². The Morgan fingerprint density at radius 1 is 1.53 bits per heavy atom. The molecule has 1 aliphatic heterocycles. The molecule has 15 heavy (non-hydrogen) atoms. The largest absolute Gasteiger partial charge is 0.335 e. The van der Waals surface area contributed by atoms with Crippen LogP contribution in [0.25, 0.3) is 0 Å². The molecule has 0 spiro atoms. The fourth-order valence-corrected chi connectivity index (χ4v) is 2.88. The van der Waals surface area contributed by atoms with Crippen LogP contribution >= 0.6 is 11.8 Å². The molecule has 82 valence electrons. The molecule has 0 radical (unpaired) electrons. The Morgan fingerprint density at radius 2 is 2.27 bits per heavy atom. The summed E-state index contributed by atoms with van der Waals surface area (Å²) < 4.78 is 2.04. The number of rotatable bonds is 2. The Labute approximate surface area is 92.9 Å². The number of aromatic nitrogens is 2. The lowest BCUT2D eigenvalue weighted by Crippen LogP contribution is -2.22. The third-order valence-electron chi connectivity index (χ3n) is 2.72. The van der Waals surface area contributed by atoms with Gasteiger partial charge in [-0.05, 0) is 24.3 Å². The first-order valence-corrected chi connectivity index (χ1v) is 6.31. The van der Waals surface area contributed by atoms with Gasteiger partial charge in [-0.25, -0.2) is 0 Å². The summed E-state index contributed by atoms with van der Waals surface area (Å²) in [6.45, 7) is 0.272. The summed E-state index contributed by atoms with van der Waals surface area (Å²) in [5.41, 5.74) is 5.90. The summed E-state index contributed by atoms with van der Waals surface area (Å²) in [5.74, 6) is 2.38. The van der Waals surface area contributed by atoms with E-state index in [4.69, 9.17) is 5.73 Å². The fraction of sp³-hybridized carbons (Fsp3) is 0.600. The Bertz CT molecular complexity index is 384. The van der Waals surface area contributed by atoms with Gasteiger partial charge in [-0.2, -0.15) is 16.7 Å². The van der Waals surface area contributed by atoms with E-state index in [9.17, 15) is 4.79 Å². The van der Waals surface area contributed by atoms with Crippen molar-refractivity contribution in [3.8, 4) is 0 Å². The Hall–Kier alpha value is -0.810. The summed E-state index contributed by atoms with van der Waals surface area (Å²) in [5, 5.41) is 0. The van der Waals surface area contributed by atoms with Gasteiger partial charge in [0.15, 0.2) is 0 Å². The minimum Gasteiger partial charge on any atom is -0.335 e. The number of nitrogens with two attached hydrogens (primary N) is 1. The van der Waals surface area contributed by atoms with Gasteiger partial charge in [-0.3, -0.25) is 4.79 Å². The third kappa shape index (κ3) is 2.41. The number of thioether (sulfide) groups is 1. The van der Waals surface area contributed by atoms with E-state index in [1.165, 1.54) is 11.5 Å². The maximum Gasteiger partial charge on any atom is 0.277 e. The van der Waals surface area contributed by atoms with Crippen molar-refractivity contribution in [2.24, 2.45) is 5.73 Å². The van der Waals surface area contributed by atoms with Crippen LogP contribution in [0.15, 0.2) is 17.3 Å². The molecule has 1 fully saturated rings. The highest BCUT2D eigenvalue weighted by Gasteiger charge is 2.15. The lowest BCUT2D eigenvalue weighted by atomic mass is 10.1. The molecule has 2 rings (SSSR count). The van der Waals surface area contributed by atoms with Crippen LogP contribution in [0.3, 0.4) is 0 Å². The van der Waals surface area contributed by atoms with Gasteiger partial charge in [0, 0.05) is 24.3 Å². The molecule has 2 N–H and O–H groups in total. The summed E-state index contributed by atoms with van der Waals surface area (Å²) in [7, 11) is 0. The summed E-state index contributed by atoms with van der Waals surface area (Å²) in [6, 6.07) is 0.490. The van der Waals surface area contributed by atoms with E-state index in [0.29, 0.717) is 11.6 Å². The molecular weight excluding hydrogens is 210 g/mol. The van der Waals surface area contributed by atoms with Crippen molar-refractivity contribution in [2.75, 3.05) is 11.5 Å². The minimum absolute atomic E-state index is 0.195. The maximum atomic E-state index is 11.3. The second-order valence-electron chi connectivity index (χ2n) is 3.70. The van der Waals surface area contributed by atoms with E-state index in [2.05, 4.69) is 4.98 Å². The fourth-order valence-electron chi connectivity index (χ4n) is 1.79. The van der Waals surface area contributed by atoms with Crippen molar-refractivity contribution in [3.63, 3.8) is 0 Å². The molecular formula is C10H15N3OS. The zero-order valence-corrected chi connectivity index (χ0v) is 9.37. The molecule has 0 unspecified atom stereocenters. The quantitative estimate of drug-likeness (QED) is 0.807. The monoisotopic (exact) mass is 225 g/mol. The summed E-state index contributed by atoms with van der Waals surface area (Å²) in [6.07, 6.45) is 5.80. The van der Waals surface area contributed by atoms with Crippen LogP contribution in [0.1, 0.15) is 24.4 Å². The first-order chi connectivity index (χ1) is 7.31. The van der Waals surface area contributed by atoms with E-state index < -0.39 is 0 Å². The average Bonchev–Trinajstić information content (AvgIpc) is 2.31. The van der Waals surface area contributed by atoms with Gasteiger partial charge in [0.1, 0.15) is 0 Å². The first-order valence-electron chi connectivity index (χ1n) is 5.15. The zero-order chi connectivity index (χ0) is 10.7. The molecule has 0 aromatic carbocycles. The SMILES string of the molecule is NCc1cn(C2CCSCC2)cnc1=O. The highest BCUT2D eigenvalue weighted by Crippen LogP contribution is 2.26. The van der Waals surface area contributed by atoms with E-state index in [-0.39, 0.29) is 12.1 Å². The molecule has 0 aliphatic carbocycles. The van der Waals surface area contributed by atoms with Crippen LogP contribution in [-0.2, 0) is 6.54 Å². The molecule has 0 bridgehead atoms. The normalized spacial score (nSPS) is 17.9. The third-order valence-corrected chi connectivity index (χ3v) is 3.77. The minimum atomic E-state index is -0.195. The molecule has 1 aromatic rings. The molecule has 5 heteroatoms. The predicted octanol–water partition coefficient (Wildman–Crippen LogP) is 0.770. The van der Waals surface area contributed by atoms with Gasteiger partial charge < -0.3 is 10.3 Å². The van der Waals surface area contributed by atoms with Crippen molar-refractivity contribution in [1.82, 2.24) is 9.55 Å². The van der Waals surface area contributed by atoms with Gasteiger partial charge in [0.25, 0.3) is 5.56 Å². The van der Waals surface area contributed by atoms with Crippen molar-refractivity contribution < 1.29 is 0 Å². The first kappa shape index (κ1) is 10.7. The Kier molecular flexibility index (Phi) is 3.43. The average molecular weight is 225 g/mol. The number of hydrogen-bond donors (Lipinski definition) is 1. The smallest absolute Gasteiger partial charge is 0.277 e. The van der Waals surface area contributed by atoms with Gasteiger partial charge in [-0.1, -0.05) is 0 Å². The van der Waals surface area contributed by atoms with Crippen molar-refractivity contribution in [2.45, 2.75) is 25.4 Å². The van der Waals surface area contributed by atoms with Crippen LogP contribution in [0, 0.1) is 0 Å². The molecule has 1 aromatic heterocycles. The lowest BCUT2D eigenvalue weighted by molar-refractivity contribution is 0.458. The van der Waals surface area contributed by atoms with Crippen LogP contribution in [0.2, 0.25) is 0 Å². The van der Waals surface area contributed by atoms with Crippen molar-refractivity contribution in [1.29, 1.82) is 0 Å². The Balaban J connectivity index is 2.23. The second-order valence-corrected chi connectivity index (χ2v) is 4.92. The van der Waals surface area contributed by atoms with Gasteiger partial charge in [0.05, 0.1) is 6.33 Å². The summed E-state index contributed by atoms with van der Waals surface area (Å²) in [4.78, 5) is 15.1. The van der Waals surface area contributed by atoms with Crippen molar-refractivity contribution >= 4 is 11.8 Å². The van der Waals surface area contributed by atoms with Crippen LogP contribution in [0.5, 0.6) is 0 Å². The zero-order valence-electron chi connectivity index (χ0n) is 8.56. The number of nitrogens with zero attached hydrogens (tertiary/aromatic N) is 2. The van der Waals surface area contributed by atoms with Gasteiger partial charge in [0.2, 0.25) is 0 Å². The van der Waals surface area contributed by atoms with Crippen molar-refractivity contribution in [3.05, 3.63) is 28.4 Å². The van der Waals surface area contributed by atoms with Gasteiger partial charge in [-0.15, -0.1) is 0 Å². The summed E-state index contributed by atoms with van der Waals surface area (Å²) >= 11 is 1.99. The maximum absolute atomic E-state index is 11.3. The molecule has 2 heterocycles. The van der Waals surface area contributed by atoms with E-state index in [1.807, 2.05) is 22.5 Å². The predicted molar refractivity (Wildman–Crippen MR) is 62.0 cm³/mol. The standard InChI is InChI=1S/C10H15N3OS/c11-5-8-6-13(7-12-10(8)14)9-1-3-15-4-2-9/h6-7,9H,1-5,11H2. The second kappa shape index (κ2) is 4.81. The molecule has 0 saturated carbocycles. The molecule has 4 nitrogen and oxygen atoms in total. The molecule has 0 amide bonds. The van der Waals surface area contributed by atoms with E-state index in [1.54, 1.807) is 6.33 Å². The molecule has 1 aliphatic rings. The number of hydrogen-bond acceptors (Lipinski definition) is 4. The highest BCUT2D eigenvalue weighted by molar-refractivity contribution is 7.99. The van der Waals surface area contributed by atoms with Gasteiger partial charge >= 0.3 is 0 Å². The van der Waals surface area contributed by atoms with Crippen LogP contribution in [0.4, 0.5) is 0 Å². The molecule has 1 saturated heterocycles. The van der Waals surface area contributed by atoms with Crippen LogP contribution < -0.4 is 11.3 Å². The Morgan fingerprint density at radius 3 is 2.93 bits per heavy atom. The molecule has 0 atom stereocenters. The van der Waals surface area contributed by atoms with Crippen LogP contribution in [-0.4, -0.2) is 21.1 Å².